The first-order valence-electron chi connectivity index (χ1n) is 5.12. The van der Waals surface area contributed by atoms with Gasteiger partial charge in [0, 0.05) is 12.0 Å². The predicted octanol–water partition coefficient (Wildman–Crippen LogP) is 2.58. The molecule has 2 nitrogen and oxygen atoms in total. The summed E-state index contributed by atoms with van der Waals surface area (Å²) in [5, 5.41) is 2.94. The Morgan fingerprint density at radius 3 is 2.23 bits per heavy atom. The highest BCUT2D eigenvalue weighted by atomic mass is 16.2. The average molecular weight is 185 g/mol. The summed E-state index contributed by atoms with van der Waals surface area (Å²) in [7, 11) is 0. The van der Waals surface area contributed by atoms with Crippen LogP contribution in [0.2, 0.25) is 0 Å². The molecule has 1 amide bonds. The van der Waals surface area contributed by atoms with E-state index in [-0.39, 0.29) is 11.3 Å². The summed E-state index contributed by atoms with van der Waals surface area (Å²) in [6.07, 6.45) is 2.27. The fraction of sp³-hybridized carbons (Fsp3) is 0.909. The van der Waals surface area contributed by atoms with Gasteiger partial charge in [0.05, 0.1) is 0 Å². The number of rotatable bonds is 4. The Balaban J connectivity index is 3.49. The first kappa shape index (κ1) is 12.5. The standard InChI is InChI=1S/C11H23NO/c1-9(2)7-6-8-12-10(13)11(3,4)5/h9H,6-8H2,1-5H3,(H,12,13). The second-order valence-corrected chi connectivity index (χ2v) is 5.04. The molecule has 0 aromatic carbocycles. The largest absolute Gasteiger partial charge is 0.356 e. The molecular formula is C11H23NO. The third-order valence-corrected chi connectivity index (χ3v) is 1.92. The molecule has 0 fully saturated rings. The molecular weight excluding hydrogens is 162 g/mol. The lowest BCUT2D eigenvalue weighted by Gasteiger charge is -2.17. The van der Waals surface area contributed by atoms with Crippen LogP contribution in [0.3, 0.4) is 0 Å². The van der Waals surface area contributed by atoms with Gasteiger partial charge in [0.2, 0.25) is 5.91 Å². The Morgan fingerprint density at radius 1 is 1.31 bits per heavy atom. The highest BCUT2D eigenvalue weighted by Crippen LogP contribution is 2.12. The van der Waals surface area contributed by atoms with E-state index in [1.807, 2.05) is 20.8 Å². The van der Waals surface area contributed by atoms with Crippen molar-refractivity contribution in [3.8, 4) is 0 Å². The third kappa shape index (κ3) is 6.62. The molecule has 0 atom stereocenters. The number of amides is 1. The number of carbonyl (C=O) groups is 1. The zero-order valence-electron chi connectivity index (χ0n) is 9.61. The van der Waals surface area contributed by atoms with E-state index in [0.29, 0.717) is 0 Å². The number of hydrogen-bond acceptors (Lipinski definition) is 1. The van der Waals surface area contributed by atoms with Gasteiger partial charge in [0.15, 0.2) is 0 Å². The first-order chi connectivity index (χ1) is 5.84. The molecule has 0 saturated carbocycles. The van der Waals surface area contributed by atoms with Crippen LogP contribution >= 0.6 is 0 Å². The molecule has 0 aliphatic carbocycles. The van der Waals surface area contributed by atoms with Crippen LogP contribution in [-0.4, -0.2) is 12.5 Å². The van der Waals surface area contributed by atoms with Crippen molar-refractivity contribution in [2.75, 3.05) is 6.54 Å². The Kier molecular flexibility index (Phi) is 5.04. The van der Waals surface area contributed by atoms with Crippen LogP contribution in [0.4, 0.5) is 0 Å². The van der Waals surface area contributed by atoms with Crippen molar-refractivity contribution in [3.05, 3.63) is 0 Å². The molecule has 0 unspecified atom stereocenters. The normalized spacial score (nSPS) is 11.8. The van der Waals surface area contributed by atoms with Crippen LogP contribution in [0, 0.1) is 11.3 Å². The maximum absolute atomic E-state index is 11.4. The Labute approximate surface area is 82.1 Å². The molecule has 13 heavy (non-hydrogen) atoms. The average Bonchev–Trinajstić information content (AvgIpc) is 1.95. The molecule has 0 heterocycles. The SMILES string of the molecule is CC(C)CCCNC(=O)C(C)(C)C. The van der Waals surface area contributed by atoms with Gasteiger partial charge in [-0.05, 0) is 18.8 Å². The summed E-state index contributed by atoms with van der Waals surface area (Å²) < 4.78 is 0. The summed E-state index contributed by atoms with van der Waals surface area (Å²) in [5.41, 5.74) is -0.252. The van der Waals surface area contributed by atoms with Gasteiger partial charge in [-0.25, -0.2) is 0 Å². The molecule has 0 aliphatic heterocycles. The van der Waals surface area contributed by atoms with Crippen LogP contribution < -0.4 is 5.32 Å². The van der Waals surface area contributed by atoms with Gasteiger partial charge >= 0.3 is 0 Å². The molecule has 0 saturated heterocycles. The van der Waals surface area contributed by atoms with Crippen LogP contribution in [-0.2, 0) is 4.79 Å². The molecule has 2 heteroatoms. The van der Waals surface area contributed by atoms with Gasteiger partial charge in [-0.1, -0.05) is 34.6 Å². The van der Waals surface area contributed by atoms with Crippen molar-refractivity contribution in [2.24, 2.45) is 11.3 Å². The van der Waals surface area contributed by atoms with Gasteiger partial charge in [-0.2, -0.15) is 0 Å². The summed E-state index contributed by atoms with van der Waals surface area (Å²) >= 11 is 0. The second kappa shape index (κ2) is 5.25. The monoisotopic (exact) mass is 185 g/mol. The number of carbonyl (C=O) groups excluding carboxylic acids is 1. The van der Waals surface area contributed by atoms with Crippen molar-refractivity contribution < 1.29 is 4.79 Å². The summed E-state index contributed by atoms with van der Waals surface area (Å²) in [6.45, 7) is 11.0. The van der Waals surface area contributed by atoms with Crippen LogP contribution in [0.5, 0.6) is 0 Å². The van der Waals surface area contributed by atoms with E-state index in [9.17, 15) is 4.79 Å². The minimum Gasteiger partial charge on any atom is -0.356 e. The highest BCUT2D eigenvalue weighted by molar-refractivity contribution is 5.81. The Morgan fingerprint density at radius 2 is 1.85 bits per heavy atom. The molecule has 0 aliphatic rings. The molecule has 1 N–H and O–H groups in total. The summed E-state index contributed by atoms with van der Waals surface area (Å²) in [6, 6.07) is 0. The quantitative estimate of drug-likeness (QED) is 0.670. The van der Waals surface area contributed by atoms with Crippen LogP contribution in [0.1, 0.15) is 47.5 Å². The molecule has 0 rings (SSSR count). The lowest BCUT2D eigenvalue weighted by molar-refractivity contribution is -0.128. The Bertz CT molecular complexity index is 156. The van der Waals surface area contributed by atoms with Crippen LogP contribution in [0.15, 0.2) is 0 Å². The van der Waals surface area contributed by atoms with E-state index >= 15 is 0 Å². The molecule has 78 valence electrons. The summed E-state index contributed by atoms with van der Waals surface area (Å²) in [5.74, 6) is 0.878. The molecule has 0 aromatic heterocycles. The van der Waals surface area contributed by atoms with Crippen molar-refractivity contribution in [1.29, 1.82) is 0 Å². The van der Waals surface area contributed by atoms with E-state index in [2.05, 4.69) is 19.2 Å². The number of hydrogen-bond donors (Lipinski definition) is 1. The van der Waals surface area contributed by atoms with Gasteiger partial charge < -0.3 is 5.32 Å². The van der Waals surface area contributed by atoms with Gasteiger partial charge in [0.1, 0.15) is 0 Å². The topological polar surface area (TPSA) is 29.1 Å². The third-order valence-electron chi connectivity index (χ3n) is 1.92. The molecule has 0 spiro atoms. The van der Waals surface area contributed by atoms with Crippen molar-refractivity contribution in [1.82, 2.24) is 5.32 Å². The maximum Gasteiger partial charge on any atom is 0.225 e. The zero-order valence-corrected chi connectivity index (χ0v) is 9.61. The summed E-state index contributed by atoms with van der Waals surface area (Å²) in [4.78, 5) is 11.4. The predicted molar refractivity (Wildman–Crippen MR) is 56.5 cm³/mol. The minimum atomic E-state index is -0.252. The minimum absolute atomic E-state index is 0.149. The smallest absolute Gasteiger partial charge is 0.225 e. The Hall–Kier alpha value is -0.530. The van der Waals surface area contributed by atoms with Gasteiger partial charge in [-0.15, -0.1) is 0 Å². The molecule has 0 aromatic rings. The van der Waals surface area contributed by atoms with E-state index in [4.69, 9.17) is 0 Å². The molecule has 0 bridgehead atoms. The fourth-order valence-electron chi connectivity index (χ4n) is 0.977. The van der Waals surface area contributed by atoms with Crippen LogP contribution in [0.25, 0.3) is 0 Å². The van der Waals surface area contributed by atoms with E-state index in [1.54, 1.807) is 0 Å². The van der Waals surface area contributed by atoms with Gasteiger partial charge in [0.25, 0.3) is 0 Å². The molecule has 0 radical (unpaired) electrons. The highest BCUT2D eigenvalue weighted by Gasteiger charge is 2.19. The van der Waals surface area contributed by atoms with E-state index in [1.165, 1.54) is 6.42 Å². The van der Waals surface area contributed by atoms with Crippen molar-refractivity contribution in [2.45, 2.75) is 47.5 Å². The van der Waals surface area contributed by atoms with Crippen molar-refractivity contribution in [3.63, 3.8) is 0 Å². The van der Waals surface area contributed by atoms with E-state index in [0.717, 1.165) is 18.9 Å². The lowest BCUT2D eigenvalue weighted by atomic mass is 9.95. The maximum atomic E-state index is 11.4. The zero-order chi connectivity index (χ0) is 10.5. The second-order valence-electron chi connectivity index (χ2n) is 5.04. The van der Waals surface area contributed by atoms with E-state index < -0.39 is 0 Å². The lowest BCUT2D eigenvalue weighted by Crippen LogP contribution is -2.35. The first-order valence-corrected chi connectivity index (χ1v) is 5.12. The fourth-order valence-corrected chi connectivity index (χ4v) is 0.977. The van der Waals surface area contributed by atoms with Crippen molar-refractivity contribution >= 4 is 5.91 Å². The number of nitrogens with one attached hydrogen (secondary N) is 1. The van der Waals surface area contributed by atoms with Gasteiger partial charge in [-0.3, -0.25) is 4.79 Å².